The largest absolute Gasteiger partial charge is 0.478 e. The van der Waals surface area contributed by atoms with E-state index in [2.05, 4.69) is 5.32 Å². The van der Waals surface area contributed by atoms with Crippen LogP contribution in [0.5, 0.6) is 0 Å². The van der Waals surface area contributed by atoms with Gasteiger partial charge in [0.1, 0.15) is 0 Å². The van der Waals surface area contributed by atoms with Gasteiger partial charge in [0.15, 0.2) is 0 Å². The number of carboxylic acid groups (broad SMARTS) is 1. The Kier molecular flexibility index (Phi) is 4.53. The fraction of sp³-hybridized carbons (Fsp3) is 0.133. The summed E-state index contributed by atoms with van der Waals surface area (Å²) in [5.41, 5.74) is 1.81. The molecule has 20 heavy (non-hydrogen) atoms. The summed E-state index contributed by atoms with van der Waals surface area (Å²) in [5.74, 6) is -0.956. The van der Waals surface area contributed by atoms with Crippen molar-refractivity contribution in [3.8, 4) is 0 Å². The summed E-state index contributed by atoms with van der Waals surface area (Å²) < 4.78 is 0. The van der Waals surface area contributed by atoms with Gasteiger partial charge in [-0.05, 0) is 48.9 Å². The van der Waals surface area contributed by atoms with Crippen LogP contribution in [-0.4, -0.2) is 11.1 Å². The Balaban J connectivity index is 2.23. The van der Waals surface area contributed by atoms with Gasteiger partial charge < -0.3 is 10.4 Å². The third-order valence-corrected chi connectivity index (χ3v) is 3.50. The summed E-state index contributed by atoms with van der Waals surface area (Å²) in [6.45, 7) is 1.94. The third-order valence-electron chi connectivity index (χ3n) is 2.92. The van der Waals surface area contributed by atoms with E-state index in [4.69, 9.17) is 28.3 Å². The van der Waals surface area contributed by atoms with Gasteiger partial charge in [0.05, 0.1) is 11.6 Å². The van der Waals surface area contributed by atoms with Gasteiger partial charge in [-0.25, -0.2) is 4.79 Å². The lowest BCUT2D eigenvalue weighted by Crippen LogP contribution is -2.08. The maximum absolute atomic E-state index is 10.9. The molecule has 2 N–H and O–H groups in total. The first-order chi connectivity index (χ1) is 9.47. The maximum atomic E-state index is 10.9. The molecule has 3 nitrogen and oxygen atoms in total. The summed E-state index contributed by atoms with van der Waals surface area (Å²) >= 11 is 12.1. The molecule has 0 saturated carbocycles. The Labute approximate surface area is 127 Å². The summed E-state index contributed by atoms with van der Waals surface area (Å²) in [4.78, 5) is 10.9. The standard InChI is InChI=1S/C15H13Cl2NO2/c1-9(13-8-11(16)5-6-14(13)17)18-12-4-2-3-10(7-12)15(19)20/h2-9,18H,1H3,(H,19,20). The highest BCUT2D eigenvalue weighted by atomic mass is 35.5. The Hall–Kier alpha value is -1.71. The summed E-state index contributed by atoms with van der Waals surface area (Å²) in [5, 5.41) is 13.4. The van der Waals surface area contributed by atoms with Crippen molar-refractivity contribution in [3.63, 3.8) is 0 Å². The minimum Gasteiger partial charge on any atom is -0.478 e. The zero-order valence-electron chi connectivity index (χ0n) is 10.7. The average molecular weight is 310 g/mol. The number of carboxylic acids is 1. The van der Waals surface area contributed by atoms with Crippen molar-refractivity contribution in [2.75, 3.05) is 5.32 Å². The average Bonchev–Trinajstić information content (AvgIpc) is 2.41. The van der Waals surface area contributed by atoms with E-state index in [-0.39, 0.29) is 11.6 Å². The smallest absolute Gasteiger partial charge is 0.335 e. The predicted molar refractivity (Wildman–Crippen MR) is 81.9 cm³/mol. The molecule has 0 fully saturated rings. The molecule has 5 heteroatoms. The van der Waals surface area contributed by atoms with E-state index in [0.717, 1.165) is 5.56 Å². The van der Waals surface area contributed by atoms with Crippen molar-refractivity contribution in [2.45, 2.75) is 13.0 Å². The predicted octanol–water partition coefficient (Wildman–Crippen LogP) is 4.86. The monoisotopic (exact) mass is 309 g/mol. The fourth-order valence-electron chi connectivity index (χ4n) is 1.92. The van der Waals surface area contributed by atoms with Crippen LogP contribution in [0.3, 0.4) is 0 Å². The topological polar surface area (TPSA) is 49.3 Å². The highest BCUT2D eigenvalue weighted by Gasteiger charge is 2.11. The first kappa shape index (κ1) is 14.7. The normalized spacial score (nSPS) is 11.9. The van der Waals surface area contributed by atoms with Gasteiger partial charge in [0, 0.05) is 15.7 Å². The Morgan fingerprint density at radius 1 is 1.20 bits per heavy atom. The molecule has 0 aliphatic rings. The van der Waals surface area contributed by atoms with Crippen molar-refractivity contribution >= 4 is 34.9 Å². The quantitative estimate of drug-likeness (QED) is 0.847. The number of halogens is 2. The lowest BCUT2D eigenvalue weighted by molar-refractivity contribution is 0.0697. The second-order valence-electron chi connectivity index (χ2n) is 4.42. The number of nitrogens with one attached hydrogen (secondary N) is 1. The Morgan fingerprint density at radius 2 is 1.95 bits per heavy atom. The van der Waals surface area contributed by atoms with E-state index >= 15 is 0 Å². The number of anilines is 1. The van der Waals surface area contributed by atoms with E-state index in [1.54, 1.807) is 42.5 Å². The van der Waals surface area contributed by atoms with Crippen LogP contribution in [0.15, 0.2) is 42.5 Å². The highest BCUT2D eigenvalue weighted by Crippen LogP contribution is 2.28. The molecular formula is C15H13Cl2NO2. The van der Waals surface area contributed by atoms with Crippen molar-refractivity contribution in [1.29, 1.82) is 0 Å². The second kappa shape index (κ2) is 6.16. The molecule has 0 bridgehead atoms. The van der Waals surface area contributed by atoms with Crippen molar-refractivity contribution < 1.29 is 9.90 Å². The molecule has 0 aliphatic heterocycles. The lowest BCUT2D eigenvalue weighted by atomic mass is 10.1. The Morgan fingerprint density at radius 3 is 2.65 bits per heavy atom. The second-order valence-corrected chi connectivity index (χ2v) is 5.26. The molecule has 2 aromatic rings. The molecule has 0 aliphatic carbocycles. The highest BCUT2D eigenvalue weighted by molar-refractivity contribution is 6.33. The van der Waals surface area contributed by atoms with Gasteiger partial charge in [0.2, 0.25) is 0 Å². The SMILES string of the molecule is CC(Nc1cccc(C(=O)O)c1)c1cc(Cl)ccc1Cl. The van der Waals surface area contributed by atoms with Gasteiger partial charge in [-0.1, -0.05) is 29.3 Å². The van der Waals surface area contributed by atoms with Crippen LogP contribution in [0.25, 0.3) is 0 Å². The molecule has 104 valence electrons. The third kappa shape index (κ3) is 3.44. The van der Waals surface area contributed by atoms with Gasteiger partial charge in [-0.3, -0.25) is 0 Å². The zero-order chi connectivity index (χ0) is 14.7. The number of carbonyl (C=O) groups is 1. The number of hydrogen-bond donors (Lipinski definition) is 2. The zero-order valence-corrected chi connectivity index (χ0v) is 12.2. The molecule has 1 unspecified atom stereocenters. The van der Waals surface area contributed by atoms with Crippen molar-refractivity contribution in [2.24, 2.45) is 0 Å². The number of aromatic carboxylic acids is 1. The van der Waals surface area contributed by atoms with E-state index in [1.807, 2.05) is 6.92 Å². The van der Waals surface area contributed by atoms with Crippen LogP contribution in [-0.2, 0) is 0 Å². The number of hydrogen-bond acceptors (Lipinski definition) is 2. The Bertz CT molecular complexity index is 644. The summed E-state index contributed by atoms with van der Waals surface area (Å²) in [6, 6.07) is 11.8. The summed E-state index contributed by atoms with van der Waals surface area (Å²) in [6.07, 6.45) is 0. The molecule has 0 heterocycles. The lowest BCUT2D eigenvalue weighted by Gasteiger charge is -2.17. The van der Waals surface area contributed by atoms with Crippen molar-refractivity contribution in [3.05, 3.63) is 63.6 Å². The number of rotatable bonds is 4. The molecule has 0 saturated heterocycles. The minimum atomic E-state index is -0.956. The molecular weight excluding hydrogens is 297 g/mol. The van der Waals surface area contributed by atoms with E-state index < -0.39 is 5.97 Å². The molecule has 2 rings (SSSR count). The van der Waals surface area contributed by atoms with Gasteiger partial charge in [-0.2, -0.15) is 0 Å². The molecule has 0 radical (unpaired) electrons. The molecule has 0 amide bonds. The van der Waals surface area contributed by atoms with Crippen LogP contribution in [0.2, 0.25) is 10.0 Å². The number of benzene rings is 2. The maximum Gasteiger partial charge on any atom is 0.335 e. The fourth-order valence-corrected chi connectivity index (χ4v) is 2.38. The van der Waals surface area contributed by atoms with Gasteiger partial charge >= 0.3 is 5.97 Å². The first-order valence-electron chi connectivity index (χ1n) is 6.02. The van der Waals surface area contributed by atoms with E-state index in [1.165, 1.54) is 0 Å². The van der Waals surface area contributed by atoms with Crippen LogP contribution in [0, 0.1) is 0 Å². The van der Waals surface area contributed by atoms with E-state index in [9.17, 15) is 4.79 Å². The van der Waals surface area contributed by atoms with Crippen molar-refractivity contribution in [1.82, 2.24) is 0 Å². The summed E-state index contributed by atoms with van der Waals surface area (Å²) in [7, 11) is 0. The van der Waals surface area contributed by atoms with Crippen LogP contribution in [0.4, 0.5) is 5.69 Å². The molecule has 0 spiro atoms. The van der Waals surface area contributed by atoms with Crippen LogP contribution >= 0.6 is 23.2 Å². The van der Waals surface area contributed by atoms with Gasteiger partial charge in [-0.15, -0.1) is 0 Å². The van der Waals surface area contributed by atoms with Gasteiger partial charge in [0.25, 0.3) is 0 Å². The molecule has 2 aromatic carbocycles. The van der Waals surface area contributed by atoms with Crippen LogP contribution in [0.1, 0.15) is 28.9 Å². The molecule has 0 aromatic heterocycles. The molecule has 1 atom stereocenters. The first-order valence-corrected chi connectivity index (χ1v) is 6.78. The minimum absolute atomic E-state index is 0.0924. The van der Waals surface area contributed by atoms with E-state index in [0.29, 0.717) is 15.7 Å². The van der Waals surface area contributed by atoms with Crippen LogP contribution < -0.4 is 5.32 Å².